The summed E-state index contributed by atoms with van der Waals surface area (Å²) in [5.41, 5.74) is 1.71. The van der Waals surface area contributed by atoms with E-state index in [1.54, 1.807) is 0 Å². The van der Waals surface area contributed by atoms with Crippen molar-refractivity contribution in [1.82, 2.24) is 24.9 Å². The molecule has 7 heteroatoms. The van der Waals surface area contributed by atoms with Crippen LogP contribution in [-0.4, -0.2) is 37.3 Å². The average molecular weight is 291 g/mol. The molecule has 6 nitrogen and oxygen atoms in total. The molecule has 1 amide bonds. The minimum atomic E-state index is -0.0920. The molecule has 3 heterocycles. The summed E-state index contributed by atoms with van der Waals surface area (Å²) in [7, 11) is 0. The van der Waals surface area contributed by atoms with E-state index < -0.39 is 0 Å². The van der Waals surface area contributed by atoms with Crippen molar-refractivity contribution in [1.29, 1.82) is 0 Å². The number of nitrogens with one attached hydrogen (secondary N) is 1. The molecule has 0 spiro atoms. The highest BCUT2D eigenvalue weighted by atomic mass is 32.2. The zero-order chi connectivity index (χ0) is 14.1. The van der Waals surface area contributed by atoms with Crippen LogP contribution in [0.4, 0.5) is 0 Å². The van der Waals surface area contributed by atoms with Crippen molar-refractivity contribution in [3.05, 3.63) is 17.6 Å². The van der Waals surface area contributed by atoms with Crippen LogP contribution < -0.4 is 5.32 Å². The molecule has 1 atom stereocenters. The number of aromatic nitrogens is 4. The molecule has 0 saturated carbocycles. The number of aryl methyl sites for hydroxylation is 2. The maximum absolute atomic E-state index is 12.0. The van der Waals surface area contributed by atoms with E-state index in [1.165, 1.54) is 11.8 Å². The molecule has 20 heavy (non-hydrogen) atoms. The topological polar surface area (TPSA) is 72.2 Å². The van der Waals surface area contributed by atoms with Crippen LogP contribution in [0, 0.1) is 13.8 Å². The molecule has 1 saturated heterocycles. The lowest BCUT2D eigenvalue weighted by Crippen LogP contribution is -2.30. The first-order valence-corrected chi connectivity index (χ1v) is 7.67. The van der Waals surface area contributed by atoms with Crippen LogP contribution in [-0.2, 0) is 4.79 Å². The maximum atomic E-state index is 12.0. The number of hydrogen-bond acceptors (Lipinski definition) is 5. The van der Waals surface area contributed by atoms with Crippen molar-refractivity contribution in [2.45, 2.75) is 43.5 Å². The lowest BCUT2D eigenvalue weighted by atomic mass is 10.2. The zero-order valence-electron chi connectivity index (χ0n) is 11.6. The van der Waals surface area contributed by atoms with Gasteiger partial charge >= 0.3 is 0 Å². The Morgan fingerprint density at radius 2 is 2.20 bits per heavy atom. The first kappa shape index (κ1) is 13.4. The lowest BCUT2D eigenvalue weighted by Gasteiger charge is -2.11. The Kier molecular flexibility index (Phi) is 3.60. The first-order chi connectivity index (χ1) is 9.65. The number of hydrogen-bond donors (Lipinski definition) is 1. The molecule has 1 N–H and O–H groups in total. The van der Waals surface area contributed by atoms with Gasteiger partial charge in [0.1, 0.15) is 5.82 Å². The third kappa shape index (κ3) is 2.49. The fourth-order valence-electron chi connectivity index (χ4n) is 2.43. The Morgan fingerprint density at radius 1 is 1.35 bits per heavy atom. The Balaban J connectivity index is 1.92. The van der Waals surface area contributed by atoms with E-state index in [0.29, 0.717) is 0 Å². The van der Waals surface area contributed by atoms with Gasteiger partial charge in [-0.3, -0.25) is 9.20 Å². The number of rotatable bonds is 2. The second kappa shape index (κ2) is 5.40. The van der Waals surface area contributed by atoms with Crippen molar-refractivity contribution >= 4 is 23.3 Å². The highest BCUT2D eigenvalue weighted by Gasteiger charge is 2.24. The van der Waals surface area contributed by atoms with Crippen LogP contribution >= 0.6 is 11.8 Å². The van der Waals surface area contributed by atoms with Crippen LogP contribution in [0.2, 0.25) is 0 Å². The van der Waals surface area contributed by atoms with Gasteiger partial charge in [-0.2, -0.15) is 0 Å². The van der Waals surface area contributed by atoms with Crippen LogP contribution in [0.1, 0.15) is 30.8 Å². The van der Waals surface area contributed by atoms with Gasteiger partial charge in [-0.15, -0.1) is 10.2 Å². The first-order valence-electron chi connectivity index (χ1n) is 6.79. The smallest absolute Gasteiger partial charge is 0.233 e. The monoisotopic (exact) mass is 291 g/mol. The summed E-state index contributed by atoms with van der Waals surface area (Å²) in [5.74, 6) is 0.948. The zero-order valence-corrected chi connectivity index (χ0v) is 12.4. The normalized spacial score (nSPS) is 19.9. The molecule has 1 aliphatic heterocycles. The van der Waals surface area contributed by atoms with E-state index in [-0.39, 0.29) is 11.2 Å². The van der Waals surface area contributed by atoms with Gasteiger partial charge in [-0.1, -0.05) is 18.2 Å². The molecule has 1 aliphatic rings. The third-order valence-corrected chi connectivity index (χ3v) is 4.60. The minimum absolute atomic E-state index is 0.0920. The molecule has 0 aromatic carbocycles. The quantitative estimate of drug-likeness (QED) is 0.908. The van der Waals surface area contributed by atoms with Crippen LogP contribution in [0.3, 0.4) is 0 Å². The van der Waals surface area contributed by atoms with E-state index in [9.17, 15) is 4.79 Å². The second-order valence-electron chi connectivity index (χ2n) is 5.01. The predicted octanol–water partition coefficient (Wildman–Crippen LogP) is 1.50. The summed E-state index contributed by atoms with van der Waals surface area (Å²) in [4.78, 5) is 16.4. The molecule has 2 aromatic heterocycles. The largest absolute Gasteiger partial charge is 0.355 e. The number of carbonyl (C=O) groups is 1. The average Bonchev–Trinajstić information content (AvgIpc) is 2.68. The summed E-state index contributed by atoms with van der Waals surface area (Å²) >= 11 is 1.48. The number of nitrogens with zero attached hydrogens (tertiary/aromatic N) is 4. The molecule has 106 valence electrons. The number of thioether (sulfide) groups is 1. The van der Waals surface area contributed by atoms with Crippen molar-refractivity contribution in [3.63, 3.8) is 0 Å². The summed E-state index contributed by atoms with van der Waals surface area (Å²) in [6.45, 7) is 4.64. The van der Waals surface area contributed by atoms with Gasteiger partial charge in [0.2, 0.25) is 5.91 Å². The minimum Gasteiger partial charge on any atom is -0.355 e. The molecule has 1 fully saturated rings. The Hall–Kier alpha value is -1.63. The van der Waals surface area contributed by atoms with Gasteiger partial charge in [-0.05, 0) is 26.7 Å². The predicted molar refractivity (Wildman–Crippen MR) is 76.8 cm³/mol. The molecule has 0 aliphatic carbocycles. The molecule has 2 aromatic rings. The molecule has 3 rings (SSSR count). The Bertz CT molecular complexity index is 653. The summed E-state index contributed by atoms with van der Waals surface area (Å²) in [5, 5.41) is 12.0. The molecule has 0 bridgehead atoms. The molecular formula is C13H17N5OS. The number of fused-ring (bicyclic) bond motifs is 1. The molecular weight excluding hydrogens is 274 g/mol. The fraction of sp³-hybridized carbons (Fsp3) is 0.538. The number of amides is 1. The molecule has 0 unspecified atom stereocenters. The van der Waals surface area contributed by atoms with Gasteiger partial charge in [0.25, 0.3) is 0 Å². The highest BCUT2D eigenvalue weighted by Crippen LogP contribution is 2.27. The van der Waals surface area contributed by atoms with E-state index in [1.807, 2.05) is 24.3 Å². The standard InChI is InChI=1S/C13H17N5OS/c1-8-7-11-16-17-13(18(11)9(2)15-8)20-10-5-3-4-6-14-12(10)19/h7,10H,3-6H2,1-2H3,(H,14,19)/t10-/m0/s1. The summed E-state index contributed by atoms with van der Waals surface area (Å²) in [6.07, 6.45) is 2.98. The Labute approximate surface area is 121 Å². The number of carbonyl (C=O) groups excluding carboxylic acids is 1. The SMILES string of the molecule is Cc1cc2nnc(S[C@H]3CCCCNC3=O)n2c(C)n1. The van der Waals surface area contributed by atoms with Crippen LogP contribution in [0.15, 0.2) is 11.2 Å². The fourth-order valence-corrected chi connectivity index (χ4v) is 3.58. The van der Waals surface area contributed by atoms with Crippen molar-refractivity contribution in [2.24, 2.45) is 0 Å². The van der Waals surface area contributed by atoms with Gasteiger partial charge in [-0.25, -0.2) is 4.98 Å². The van der Waals surface area contributed by atoms with Crippen molar-refractivity contribution < 1.29 is 4.79 Å². The van der Waals surface area contributed by atoms with Crippen LogP contribution in [0.25, 0.3) is 5.65 Å². The van der Waals surface area contributed by atoms with E-state index in [0.717, 1.165) is 48.1 Å². The van der Waals surface area contributed by atoms with Gasteiger partial charge in [0, 0.05) is 18.3 Å². The second-order valence-corrected chi connectivity index (χ2v) is 6.18. The Morgan fingerprint density at radius 3 is 3.05 bits per heavy atom. The van der Waals surface area contributed by atoms with Crippen molar-refractivity contribution in [3.8, 4) is 0 Å². The molecule has 0 radical (unpaired) electrons. The highest BCUT2D eigenvalue weighted by molar-refractivity contribution is 8.00. The maximum Gasteiger partial charge on any atom is 0.233 e. The van der Waals surface area contributed by atoms with Gasteiger partial charge in [0.05, 0.1) is 5.25 Å². The summed E-state index contributed by atoms with van der Waals surface area (Å²) < 4.78 is 1.91. The third-order valence-electron chi connectivity index (χ3n) is 3.39. The van der Waals surface area contributed by atoms with Gasteiger partial charge < -0.3 is 5.32 Å². The van der Waals surface area contributed by atoms with E-state index >= 15 is 0 Å². The van der Waals surface area contributed by atoms with Crippen molar-refractivity contribution in [2.75, 3.05) is 6.54 Å². The lowest BCUT2D eigenvalue weighted by molar-refractivity contribution is -0.120. The van der Waals surface area contributed by atoms with E-state index in [2.05, 4.69) is 20.5 Å². The van der Waals surface area contributed by atoms with Gasteiger partial charge in [0.15, 0.2) is 10.8 Å². The van der Waals surface area contributed by atoms with Crippen LogP contribution in [0.5, 0.6) is 0 Å². The summed E-state index contributed by atoms with van der Waals surface area (Å²) in [6, 6.07) is 1.90. The van der Waals surface area contributed by atoms with E-state index in [4.69, 9.17) is 0 Å².